The van der Waals surface area contributed by atoms with Crippen LogP contribution in [0, 0.1) is 24.2 Å². The Balaban J connectivity index is 1.78. The molecule has 1 unspecified atom stereocenters. The number of thioether (sulfide) groups is 1. The number of rotatable bonds is 4. The first-order valence-electron chi connectivity index (χ1n) is 8.37. The summed E-state index contributed by atoms with van der Waals surface area (Å²) in [7, 11) is -3.94. The fourth-order valence-electron chi connectivity index (χ4n) is 2.63. The number of hydrogen-bond acceptors (Lipinski definition) is 6. The molecule has 1 atom stereocenters. The number of nitrogens with zero attached hydrogens (tertiary/aromatic N) is 2. The minimum atomic E-state index is -3.94. The molecule has 1 heterocycles. The van der Waals surface area contributed by atoms with Gasteiger partial charge in [-0.25, -0.2) is 0 Å². The molecule has 0 saturated carbocycles. The van der Waals surface area contributed by atoms with Gasteiger partial charge in [-0.3, -0.25) is 4.28 Å². The molecule has 0 N–H and O–H groups in total. The fourth-order valence-corrected chi connectivity index (χ4v) is 4.32. The van der Waals surface area contributed by atoms with E-state index in [4.69, 9.17) is 4.28 Å². The Morgan fingerprint density at radius 3 is 2.74 bits per heavy atom. The van der Waals surface area contributed by atoms with Crippen LogP contribution >= 0.6 is 11.8 Å². The van der Waals surface area contributed by atoms with Gasteiger partial charge in [0.15, 0.2) is 0 Å². The maximum Gasteiger partial charge on any atom is 0.358 e. The maximum atomic E-state index is 12.2. The smallest absolute Gasteiger partial charge is 0.264 e. The van der Waals surface area contributed by atoms with E-state index in [1.807, 2.05) is 44.2 Å². The van der Waals surface area contributed by atoms with Gasteiger partial charge in [-0.05, 0) is 48.6 Å². The minimum Gasteiger partial charge on any atom is -0.264 e. The Labute approximate surface area is 163 Å². The van der Waals surface area contributed by atoms with Crippen molar-refractivity contribution in [1.29, 1.82) is 5.26 Å². The van der Waals surface area contributed by atoms with Crippen LogP contribution in [0.3, 0.4) is 0 Å². The lowest BCUT2D eigenvalue weighted by molar-refractivity contribution is 0.346. The van der Waals surface area contributed by atoms with Crippen LogP contribution in [-0.2, 0) is 14.4 Å². The zero-order chi connectivity index (χ0) is 19.4. The van der Waals surface area contributed by atoms with Crippen molar-refractivity contribution in [3.05, 3.63) is 75.6 Å². The lowest BCUT2D eigenvalue weighted by atomic mass is 10.0. The maximum absolute atomic E-state index is 12.2. The Hall–Kier alpha value is -2.56. The zero-order valence-corrected chi connectivity index (χ0v) is 16.5. The Morgan fingerprint density at radius 2 is 2.07 bits per heavy atom. The molecule has 0 amide bonds. The first-order chi connectivity index (χ1) is 12.9. The van der Waals surface area contributed by atoms with Gasteiger partial charge in [-0.2, -0.15) is 13.7 Å². The first kappa shape index (κ1) is 19.2. The summed E-state index contributed by atoms with van der Waals surface area (Å²) in [5, 5.41) is 13.7. The monoisotopic (exact) mass is 398 g/mol. The summed E-state index contributed by atoms with van der Waals surface area (Å²) in [6.07, 6.45) is 9.03. The van der Waals surface area contributed by atoms with Crippen LogP contribution in [-0.4, -0.2) is 13.5 Å². The van der Waals surface area contributed by atoms with E-state index >= 15 is 0 Å². The molecule has 3 rings (SSSR count). The lowest BCUT2D eigenvalue weighted by Crippen LogP contribution is -2.08. The largest absolute Gasteiger partial charge is 0.358 e. The number of benzene rings is 1. The predicted octanol–water partition coefficient (Wildman–Crippen LogP) is 4.67. The molecule has 1 aliphatic carbocycles. The summed E-state index contributed by atoms with van der Waals surface area (Å²) in [5.41, 5.74) is 2.35. The van der Waals surface area contributed by atoms with Crippen LogP contribution in [0.25, 0.3) is 5.57 Å². The molecule has 0 saturated heterocycles. The molecule has 27 heavy (non-hydrogen) atoms. The van der Waals surface area contributed by atoms with Crippen LogP contribution in [0.1, 0.15) is 24.5 Å². The van der Waals surface area contributed by atoms with Crippen molar-refractivity contribution in [2.45, 2.75) is 20.3 Å². The molecule has 0 aromatic heterocycles. The van der Waals surface area contributed by atoms with Gasteiger partial charge in [-0.15, -0.1) is 0 Å². The van der Waals surface area contributed by atoms with Crippen molar-refractivity contribution in [2.24, 2.45) is 11.1 Å². The van der Waals surface area contributed by atoms with Crippen LogP contribution in [0.4, 0.5) is 0 Å². The summed E-state index contributed by atoms with van der Waals surface area (Å²) in [4.78, 5) is 0.822. The van der Waals surface area contributed by atoms with Crippen LogP contribution in [0.5, 0.6) is 0 Å². The van der Waals surface area contributed by atoms with Crippen LogP contribution in [0.15, 0.2) is 69.6 Å². The average molecular weight is 399 g/mol. The molecular formula is C20H18N2O3S2. The summed E-state index contributed by atoms with van der Waals surface area (Å²) < 4.78 is 29.3. The molecule has 0 fully saturated rings. The third kappa shape index (κ3) is 4.41. The second-order valence-corrected chi connectivity index (χ2v) is 8.83. The number of hydrogen-bond donors (Lipinski definition) is 0. The summed E-state index contributed by atoms with van der Waals surface area (Å²) in [6.45, 7) is 3.94. The van der Waals surface area contributed by atoms with Gasteiger partial charge < -0.3 is 0 Å². The van der Waals surface area contributed by atoms with E-state index in [0.717, 1.165) is 11.1 Å². The van der Waals surface area contributed by atoms with Crippen LogP contribution < -0.4 is 0 Å². The highest BCUT2D eigenvalue weighted by Gasteiger charge is 2.22. The van der Waals surface area contributed by atoms with E-state index in [9.17, 15) is 13.7 Å². The highest BCUT2D eigenvalue weighted by molar-refractivity contribution is 8.18. The first-order valence-corrected chi connectivity index (χ1v) is 10.6. The number of nitriles is 1. The zero-order valence-electron chi connectivity index (χ0n) is 14.9. The predicted molar refractivity (Wildman–Crippen MR) is 109 cm³/mol. The minimum absolute atomic E-state index is 0.116. The van der Waals surface area contributed by atoms with E-state index in [0.29, 0.717) is 27.9 Å². The van der Waals surface area contributed by atoms with Gasteiger partial charge in [0.05, 0.1) is 5.57 Å². The van der Waals surface area contributed by atoms with Crippen molar-refractivity contribution in [3.8, 4) is 6.07 Å². The summed E-state index contributed by atoms with van der Waals surface area (Å²) in [6, 6.07) is 9.84. The Bertz CT molecular complexity index is 1050. The molecule has 0 spiro atoms. The molecular weight excluding hydrogens is 380 g/mol. The molecule has 1 aromatic rings. The Morgan fingerprint density at radius 1 is 1.30 bits per heavy atom. The molecule has 1 aromatic carbocycles. The van der Waals surface area contributed by atoms with E-state index in [1.165, 1.54) is 11.8 Å². The van der Waals surface area contributed by atoms with Gasteiger partial charge in [-0.1, -0.05) is 60.3 Å². The number of aryl methyl sites for hydroxylation is 1. The van der Waals surface area contributed by atoms with Crippen molar-refractivity contribution in [1.82, 2.24) is 0 Å². The SMILES string of the molecule is Cc1ccccc1/C(C#N)=C1\C=CC(=NOS(=O)(=O)C2=CCC(C)C=C2)S1. The second-order valence-electron chi connectivity index (χ2n) is 6.24. The molecule has 1 aliphatic heterocycles. The quantitative estimate of drug-likeness (QED) is 0.544. The highest BCUT2D eigenvalue weighted by atomic mass is 32.2. The van der Waals surface area contributed by atoms with Gasteiger partial charge >= 0.3 is 10.1 Å². The standard InChI is InChI=1S/C20H18N2O3S2/c1-14-7-9-16(10-8-14)27(23,24)25-22-20-12-11-19(26-20)18(13-21)17-6-4-3-5-15(17)2/h3-7,9-12,14H,8H2,1-2H3/b19-18+,22-20?. The topological polar surface area (TPSA) is 79.5 Å². The molecule has 0 radical (unpaired) electrons. The van der Waals surface area contributed by atoms with E-state index in [1.54, 1.807) is 24.3 Å². The third-order valence-corrected chi connectivity index (χ3v) is 6.29. The van der Waals surface area contributed by atoms with E-state index in [-0.39, 0.29) is 4.91 Å². The molecule has 138 valence electrons. The van der Waals surface area contributed by atoms with Crippen molar-refractivity contribution in [2.75, 3.05) is 0 Å². The Kier molecular flexibility index (Phi) is 5.68. The van der Waals surface area contributed by atoms with Crippen molar-refractivity contribution < 1.29 is 12.7 Å². The van der Waals surface area contributed by atoms with Gasteiger partial charge in [0, 0.05) is 4.91 Å². The second kappa shape index (κ2) is 7.99. The normalized spacial score (nSPS) is 22.5. The van der Waals surface area contributed by atoms with E-state index in [2.05, 4.69) is 11.2 Å². The van der Waals surface area contributed by atoms with E-state index < -0.39 is 10.1 Å². The summed E-state index contributed by atoms with van der Waals surface area (Å²) >= 11 is 1.20. The fraction of sp³-hybridized carbons (Fsp3) is 0.200. The molecule has 2 aliphatic rings. The summed E-state index contributed by atoms with van der Waals surface area (Å²) in [5.74, 6) is 0.308. The highest BCUT2D eigenvalue weighted by Crippen LogP contribution is 2.35. The lowest BCUT2D eigenvalue weighted by Gasteiger charge is -2.10. The molecule has 0 bridgehead atoms. The van der Waals surface area contributed by atoms with Gasteiger partial charge in [0.25, 0.3) is 0 Å². The molecule has 5 nitrogen and oxygen atoms in total. The number of oxime groups is 1. The molecule has 7 heteroatoms. The number of allylic oxidation sites excluding steroid dienone is 5. The van der Waals surface area contributed by atoms with Crippen molar-refractivity contribution >= 4 is 32.5 Å². The van der Waals surface area contributed by atoms with Gasteiger partial charge in [0.2, 0.25) is 0 Å². The van der Waals surface area contributed by atoms with Gasteiger partial charge in [0.1, 0.15) is 16.0 Å². The third-order valence-electron chi connectivity index (χ3n) is 4.16. The average Bonchev–Trinajstić information content (AvgIpc) is 3.11. The van der Waals surface area contributed by atoms with Crippen LogP contribution in [0.2, 0.25) is 0 Å². The van der Waals surface area contributed by atoms with Crippen molar-refractivity contribution in [3.63, 3.8) is 0 Å².